The van der Waals surface area contributed by atoms with E-state index in [-0.39, 0.29) is 0 Å². The van der Waals surface area contributed by atoms with Gasteiger partial charge < -0.3 is 5.32 Å². The van der Waals surface area contributed by atoms with Gasteiger partial charge in [-0.25, -0.2) is 0 Å². The minimum atomic E-state index is 0.514. The highest BCUT2D eigenvalue weighted by Gasteiger charge is 2.39. The maximum absolute atomic E-state index is 4.03. The van der Waals surface area contributed by atoms with E-state index >= 15 is 0 Å². The molecule has 106 valence electrons. The topological polar surface area (TPSA) is 12.0 Å². The van der Waals surface area contributed by atoms with Gasteiger partial charge in [-0.15, -0.1) is 0 Å². The van der Waals surface area contributed by atoms with Crippen molar-refractivity contribution < 1.29 is 0 Å². The molecule has 0 aromatic carbocycles. The lowest BCUT2D eigenvalue weighted by atomic mass is 9.63. The highest BCUT2D eigenvalue weighted by Crippen LogP contribution is 2.46. The van der Waals surface area contributed by atoms with Crippen molar-refractivity contribution in [2.45, 2.75) is 91.6 Å². The van der Waals surface area contributed by atoms with Crippen LogP contribution in [0.2, 0.25) is 0 Å². The molecule has 1 N–H and O–H groups in total. The van der Waals surface area contributed by atoms with Gasteiger partial charge in [-0.1, -0.05) is 47.5 Å². The number of hydrogen-bond donors (Lipinski definition) is 1. The molecule has 0 spiro atoms. The molecule has 2 unspecified atom stereocenters. The van der Waals surface area contributed by atoms with Crippen LogP contribution in [-0.4, -0.2) is 12.1 Å². The fourth-order valence-electron chi connectivity index (χ4n) is 5.01. The van der Waals surface area contributed by atoms with E-state index in [0.29, 0.717) is 10.8 Å². The summed E-state index contributed by atoms with van der Waals surface area (Å²) in [5.74, 6) is 0.943. The third-order valence-electron chi connectivity index (χ3n) is 5.19. The Morgan fingerprint density at radius 2 is 1.61 bits per heavy atom. The van der Waals surface area contributed by atoms with E-state index in [4.69, 9.17) is 0 Å². The number of hydrogen-bond acceptors (Lipinski definition) is 1. The van der Waals surface area contributed by atoms with Gasteiger partial charge in [-0.3, -0.25) is 0 Å². The van der Waals surface area contributed by atoms with Crippen LogP contribution in [0.1, 0.15) is 79.6 Å². The zero-order valence-electron chi connectivity index (χ0n) is 13.2. The molecule has 1 nitrogen and oxygen atoms in total. The van der Waals surface area contributed by atoms with Crippen LogP contribution in [0.5, 0.6) is 0 Å². The van der Waals surface area contributed by atoms with E-state index in [9.17, 15) is 0 Å². The van der Waals surface area contributed by atoms with Crippen molar-refractivity contribution in [2.75, 3.05) is 0 Å². The van der Waals surface area contributed by atoms with Crippen LogP contribution in [-0.2, 0) is 0 Å². The Kier molecular flexibility index (Phi) is 4.11. The molecule has 2 aliphatic carbocycles. The summed E-state index contributed by atoms with van der Waals surface area (Å²) in [5, 5.41) is 4.03. The molecule has 0 bridgehead atoms. The second kappa shape index (κ2) is 5.15. The summed E-state index contributed by atoms with van der Waals surface area (Å²) >= 11 is 0. The van der Waals surface area contributed by atoms with Crippen molar-refractivity contribution in [1.29, 1.82) is 0 Å². The van der Waals surface area contributed by atoms with Crippen LogP contribution in [0.15, 0.2) is 0 Å². The molecule has 2 saturated carbocycles. The Hall–Kier alpha value is -0.0400. The van der Waals surface area contributed by atoms with Gasteiger partial charge in [0.05, 0.1) is 0 Å². The van der Waals surface area contributed by atoms with E-state index in [1.807, 2.05) is 0 Å². The van der Waals surface area contributed by atoms with Gasteiger partial charge >= 0.3 is 0 Å². The molecule has 2 rings (SSSR count). The summed E-state index contributed by atoms with van der Waals surface area (Å²) in [6, 6.07) is 1.56. The molecule has 0 aromatic rings. The number of nitrogens with one attached hydrogen (secondary N) is 1. The second-order valence-electron chi connectivity index (χ2n) is 8.48. The second-order valence-corrected chi connectivity index (χ2v) is 8.48. The third-order valence-corrected chi connectivity index (χ3v) is 5.19. The predicted molar refractivity (Wildman–Crippen MR) is 79.8 cm³/mol. The van der Waals surface area contributed by atoms with Gasteiger partial charge in [-0.2, -0.15) is 0 Å². The lowest BCUT2D eigenvalue weighted by Crippen LogP contribution is -2.48. The Labute approximate surface area is 114 Å². The molecule has 18 heavy (non-hydrogen) atoms. The van der Waals surface area contributed by atoms with E-state index in [1.54, 1.807) is 0 Å². The Bertz CT molecular complexity index is 263. The first kappa shape index (κ1) is 14.4. The summed E-state index contributed by atoms with van der Waals surface area (Å²) < 4.78 is 0. The molecular formula is C17H33N. The lowest BCUT2D eigenvalue weighted by molar-refractivity contribution is 0.0775. The molecule has 0 amide bonds. The molecule has 2 aliphatic rings. The minimum Gasteiger partial charge on any atom is -0.311 e. The highest BCUT2D eigenvalue weighted by atomic mass is 15.0. The molecule has 0 heterocycles. The monoisotopic (exact) mass is 251 g/mol. The molecule has 0 radical (unpaired) electrons. The Morgan fingerprint density at radius 1 is 1.00 bits per heavy atom. The fraction of sp³-hybridized carbons (Fsp3) is 1.00. The van der Waals surface area contributed by atoms with Gasteiger partial charge in [0, 0.05) is 12.1 Å². The van der Waals surface area contributed by atoms with Gasteiger partial charge in [-0.05, 0) is 48.9 Å². The molecular weight excluding hydrogens is 218 g/mol. The van der Waals surface area contributed by atoms with Gasteiger partial charge in [0.2, 0.25) is 0 Å². The molecule has 2 fully saturated rings. The van der Waals surface area contributed by atoms with Crippen LogP contribution in [0.4, 0.5) is 0 Å². The minimum absolute atomic E-state index is 0.514. The first-order valence-corrected chi connectivity index (χ1v) is 8.07. The van der Waals surface area contributed by atoms with Gasteiger partial charge in [0.1, 0.15) is 0 Å². The van der Waals surface area contributed by atoms with Crippen LogP contribution in [0.3, 0.4) is 0 Å². The Morgan fingerprint density at radius 3 is 2.17 bits per heavy atom. The normalized spacial score (nSPS) is 35.8. The van der Waals surface area contributed by atoms with Crippen LogP contribution < -0.4 is 5.32 Å². The van der Waals surface area contributed by atoms with Crippen LogP contribution in [0, 0.1) is 16.7 Å². The van der Waals surface area contributed by atoms with Crippen molar-refractivity contribution in [1.82, 2.24) is 5.32 Å². The highest BCUT2D eigenvalue weighted by molar-refractivity contribution is 4.95. The summed E-state index contributed by atoms with van der Waals surface area (Å²) in [5.41, 5.74) is 1.03. The van der Waals surface area contributed by atoms with Crippen molar-refractivity contribution in [3.8, 4) is 0 Å². The zero-order valence-corrected chi connectivity index (χ0v) is 13.2. The molecule has 2 atom stereocenters. The summed E-state index contributed by atoms with van der Waals surface area (Å²) in [7, 11) is 0. The van der Waals surface area contributed by atoms with Gasteiger partial charge in [0.15, 0.2) is 0 Å². The smallest absolute Gasteiger partial charge is 0.00978 e. The third kappa shape index (κ3) is 3.50. The van der Waals surface area contributed by atoms with E-state index in [1.165, 1.54) is 44.9 Å². The first-order chi connectivity index (χ1) is 8.31. The number of rotatable bonds is 3. The average Bonchev–Trinajstić information content (AvgIpc) is 2.59. The maximum Gasteiger partial charge on any atom is 0.00978 e. The van der Waals surface area contributed by atoms with Gasteiger partial charge in [0.25, 0.3) is 0 Å². The maximum atomic E-state index is 4.03. The molecule has 0 saturated heterocycles. The Balaban J connectivity index is 1.96. The fourth-order valence-corrected chi connectivity index (χ4v) is 5.01. The first-order valence-electron chi connectivity index (χ1n) is 8.07. The molecule has 0 aromatic heterocycles. The zero-order chi connectivity index (χ0) is 13.4. The lowest BCUT2D eigenvalue weighted by Gasteiger charge is -2.46. The van der Waals surface area contributed by atoms with Crippen molar-refractivity contribution >= 4 is 0 Å². The average molecular weight is 251 g/mol. The van der Waals surface area contributed by atoms with E-state index in [0.717, 1.165) is 18.0 Å². The standard InChI is InChI=1S/C17H33N/c1-6-13-8-7-9-15(13)18-14-10-16(2,3)12-17(4,5)11-14/h13-15,18H,6-12H2,1-5H3. The van der Waals surface area contributed by atoms with Crippen LogP contribution >= 0.6 is 0 Å². The van der Waals surface area contributed by atoms with Crippen molar-refractivity contribution in [3.63, 3.8) is 0 Å². The predicted octanol–water partition coefficient (Wildman–Crippen LogP) is 4.76. The quantitative estimate of drug-likeness (QED) is 0.762. The van der Waals surface area contributed by atoms with E-state index in [2.05, 4.69) is 39.9 Å². The van der Waals surface area contributed by atoms with E-state index < -0.39 is 0 Å². The van der Waals surface area contributed by atoms with Crippen molar-refractivity contribution in [2.24, 2.45) is 16.7 Å². The largest absolute Gasteiger partial charge is 0.311 e. The van der Waals surface area contributed by atoms with Crippen LogP contribution in [0.25, 0.3) is 0 Å². The summed E-state index contributed by atoms with van der Waals surface area (Å²) in [6.45, 7) is 12.2. The summed E-state index contributed by atoms with van der Waals surface area (Å²) in [4.78, 5) is 0. The van der Waals surface area contributed by atoms with Crippen molar-refractivity contribution in [3.05, 3.63) is 0 Å². The molecule has 1 heteroatoms. The molecule has 0 aliphatic heterocycles. The summed E-state index contributed by atoms with van der Waals surface area (Å²) in [6.07, 6.45) is 9.77. The SMILES string of the molecule is CCC1CCCC1NC1CC(C)(C)CC(C)(C)C1.